The highest BCUT2D eigenvalue weighted by Gasteiger charge is 2.26. The van der Waals surface area contributed by atoms with E-state index in [1.54, 1.807) is 6.07 Å². The predicted octanol–water partition coefficient (Wildman–Crippen LogP) is 12.6. The Bertz CT molecular complexity index is 2790. The van der Waals surface area contributed by atoms with Crippen molar-refractivity contribution >= 4 is 65.3 Å². The zero-order valence-electron chi connectivity index (χ0n) is 29.9. The minimum atomic E-state index is -2.35. The summed E-state index contributed by atoms with van der Waals surface area (Å²) in [5.74, 6) is 1.22. The van der Waals surface area contributed by atoms with Gasteiger partial charge in [0.15, 0.2) is 0 Å². The number of furan rings is 1. The number of hydrogen-bond acceptors (Lipinski definition) is 2. The lowest BCUT2D eigenvalue weighted by Gasteiger charge is -2.23. The van der Waals surface area contributed by atoms with Gasteiger partial charge in [-0.05, 0) is 86.6 Å². The molecule has 0 amide bonds. The first-order valence-corrected chi connectivity index (χ1v) is 16.4. The number of aromatic nitrogens is 2. The van der Waals surface area contributed by atoms with E-state index >= 15 is 0 Å². The fourth-order valence-corrected chi connectivity index (χ4v) is 7.56. The number of para-hydroxylation sites is 1. The zero-order chi connectivity index (χ0) is 34.5. The maximum absolute atomic E-state index is 8.59. The molecule has 47 heavy (non-hydrogen) atoms. The Balaban J connectivity index is 1.47. The molecule has 0 bridgehead atoms. The molecule has 3 nitrogen and oxygen atoms in total. The second kappa shape index (κ2) is 10.3. The van der Waals surface area contributed by atoms with Gasteiger partial charge in [-0.2, -0.15) is 0 Å². The van der Waals surface area contributed by atoms with Crippen LogP contribution in [0.15, 0.2) is 120 Å². The van der Waals surface area contributed by atoms with E-state index in [1.165, 1.54) is 11.1 Å². The van der Waals surface area contributed by atoms with E-state index in [1.807, 2.05) is 18.2 Å². The summed E-state index contributed by atoms with van der Waals surface area (Å²) in [7, 11) is 0. The van der Waals surface area contributed by atoms with Gasteiger partial charge in [0.1, 0.15) is 17.0 Å². The first-order chi connectivity index (χ1) is 24.1. The summed E-state index contributed by atoms with van der Waals surface area (Å²) in [6.45, 7) is 6.58. The number of benzene rings is 7. The molecule has 0 fully saturated rings. The number of nitrogens with zero attached hydrogens (tertiary/aromatic N) is 2. The maximum Gasteiger partial charge on any atom is 0.149 e. The number of imidazole rings is 1. The van der Waals surface area contributed by atoms with Crippen molar-refractivity contribution in [2.75, 3.05) is 0 Å². The van der Waals surface area contributed by atoms with Crippen LogP contribution in [0.5, 0.6) is 0 Å². The second-order valence-corrected chi connectivity index (χ2v) is 13.3. The van der Waals surface area contributed by atoms with Crippen molar-refractivity contribution in [1.29, 1.82) is 0 Å². The van der Waals surface area contributed by atoms with Gasteiger partial charge in [0.2, 0.25) is 0 Å². The molecule has 0 aliphatic rings. The van der Waals surface area contributed by atoms with Crippen LogP contribution in [-0.4, -0.2) is 9.55 Å². The van der Waals surface area contributed by atoms with E-state index in [4.69, 9.17) is 13.5 Å². The molecule has 0 aliphatic heterocycles. The van der Waals surface area contributed by atoms with Gasteiger partial charge in [0.05, 0.1) is 22.3 Å². The highest BCUT2D eigenvalue weighted by molar-refractivity contribution is 6.18. The lowest BCUT2D eigenvalue weighted by Crippen LogP contribution is -2.09. The molecule has 9 rings (SSSR count). The molecule has 0 radical (unpaired) electrons. The summed E-state index contributed by atoms with van der Waals surface area (Å²) >= 11 is 0. The molecule has 0 atom stereocenters. The summed E-state index contributed by atoms with van der Waals surface area (Å²) < 4.78 is 35.0. The predicted molar refractivity (Wildman–Crippen MR) is 199 cm³/mol. The third kappa shape index (κ3) is 4.09. The van der Waals surface area contributed by atoms with Gasteiger partial charge in [-0.3, -0.25) is 4.57 Å². The van der Waals surface area contributed by atoms with Gasteiger partial charge < -0.3 is 4.42 Å². The highest BCUT2D eigenvalue weighted by Crippen LogP contribution is 2.44. The third-order valence-electron chi connectivity index (χ3n) is 9.83. The van der Waals surface area contributed by atoms with E-state index in [2.05, 4.69) is 123 Å². The van der Waals surface area contributed by atoms with Crippen LogP contribution in [0, 0.1) is 6.85 Å². The van der Waals surface area contributed by atoms with E-state index in [0.29, 0.717) is 16.6 Å². The molecular formula is C44H36N2O. The second-order valence-electron chi connectivity index (χ2n) is 13.3. The zero-order valence-corrected chi connectivity index (χ0v) is 26.9. The Morgan fingerprint density at radius 1 is 0.638 bits per heavy atom. The van der Waals surface area contributed by atoms with E-state index < -0.39 is 6.85 Å². The van der Waals surface area contributed by atoms with Crippen LogP contribution in [0.25, 0.3) is 82.4 Å². The van der Waals surface area contributed by atoms with Gasteiger partial charge in [0.25, 0.3) is 0 Å². The van der Waals surface area contributed by atoms with Crippen LogP contribution in [0.2, 0.25) is 0 Å². The van der Waals surface area contributed by atoms with E-state index in [-0.39, 0.29) is 17.4 Å². The van der Waals surface area contributed by atoms with Gasteiger partial charge in [-0.1, -0.05) is 119 Å². The van der Waals surface area contributed by atoms with Crippen molar-refractivity contribution in [3.8, 4) is 17.1 Å². The Kier molecular flexibility index (Phi) is 5.43. The van der Waals surface area contributed by atoms with Crippen molar-refractivity contribution in [1.82, 2.24) is 9.55 Å². The molecule has 2 heterocycles. The van der Waals surface area contributed by atoms with Crippen molar-refractivity contribution in [2.24, 2.45) is 0 Å². The summed E-state index contributed by atoms with van der Waals surface area (Å²) in [5.41, 5.74) is 7.67. The third-order valence-corrected chi connectivity index (χ3v) is 9.83. The Hall–Kier alpha value is -5.41. The monoisotopic (exact) mass is 611 g/mol. The average molecular weight is 612 g/mol. The summed E-state index contributed by atoms with van der Waals surface area (Å²) in [5, 5.41) is 8.01. The highest BCUT2D eigenvalue weighted by atomic mass is 16.3. The molecule has 0 spiro atoms. The van der Waals surface area contributed by atoms with E-state index in [9.17, 15) is 0 Å². The van der Waals surface area contributed by atoms with Crippen LogP contribution in [0.4, 0.5) is 0 Å². The van der Waals surface area contributed by atoms with Gasteiger partial charge in [0, 0.05) is 20.3 Å². The van der Waals surface area contributed by atoms with E-state index in [0.717, 1.165) is 65.8 Å². The SMILES string of the molecule is [2H]C([2H])([2H])c1ccc(-c2nc3ccc4ccccc4c3n2-c2c(C(C)C)cccc2C(C)C)c2oc3cc4c(ccc5ccccc54)cc3c12. The Morgan fingerprint density at radius 2 is 1.32 bits per heavy atom. The number of aryl methyl sites for hydroxylation is 1. The Morgan fingerprint density at radius 3 is 2.06 bits per heavy atom. The average Bonchev–Trinajstić information content (AvgIpc) is 3.68. The lowest BCUT2D eigenvalue weighted by molar-refractivity contribution is 0.670. The molecule has 2 aromatic heterocycles. The first-order valence-electron chi connectivity index (χ1n) is 17.9. The van der Waals surface area contributed by atoms with Crippen molar-refractivity contribution in [3.05, 3.63) is 132 Å². The van der Waals surface area contributed by atoms with Gasteiger partial charge in [-0.25, -0.2) is 4.98 Å². The molecule has 228 valence electrons. The lowest BCUT2D eigenvalue weighted by atomic mass is 9.92. The fraction of sp³-hybridized carbons (Fsp3) is 0.159. The molecule has 0 N–H and O–H groups in total. The molecule has 0 saturated heterocycles. The first kappa shape index (κ1) is 24.8. The summed E-state index contributed by atoms with van der Waals surface area (Å²) in [6.07, 6.45) is 0. The molecule has 3 heteroatoms. The summed E-state index contributed by atoms with van der Waals surface area (Å²) in [4.78, 5) is 5.38. The minimum Gasteiger partial charge on any atom is -0.455 e. The van der Waals surface area contributed by atoms with Crippen molar-refractivity contribution < 1.29 is 8.53 Å². The minimum absolute atomic E-state index is 0.246. The molecule has 9 aromatic rings. The number of fused-ring (bicyclic) bond motifs is 9. The standard InChI is InChI=1S/C44H36N2O/c1-25(2)31-15-10-16-32(26(3)4)41(31)46-42-34-14-9-7-12-29(34)20-22-38(42)45-44(46)35-21-17-27(5)40-37-23-30-19-18-28-11-6-8-13-33(28)36(30)24-39(37)47-43(35)40/h6-26H,1-5H3/i5D3. The van der Waals surface area contributed by atoms with Crippen LogP contribution in [0.3, 0.4) is 0 Å². The van der Waals surface area contributed by atoms with Crippen LogP contribution >= 0.6 is 0 Å². The van der Waals surface area contributed by atoms with Crippen LogP contribution in [0.1, 0.15) is 60.3 Å². The van der Waals surface area contributed by atoms with Gasteiger partial charge >= 0.3 is 0 Å². The van der Waals surface area contributed by atoms with Gasteiger partial charge in [-0.15, -0.1) is 0 Å². The molecule has 0 saturated carbocycles. The molecule has 0 aliphatic carbocycles. The normalized spacial score (nSPS) is 13.5. The largest absolute Gasteiger partial charge is 0.455 e. The van der Waals surface area contributed by atoms with Crippen LogP contribution in [-0.2, 0) is 0 Å². The number of rotatable bonds is 4. The smallest absolute Gasteiger partial charge is 0.149 e. The number of hydrogen-bond donors (Lipinski definition) is 0. The summed E-state index contributed by atoms with van der Waals surface area (Å²) in [6, 6.07) is 39.6. The molecule has 7 aromatic carbocycles. The quantitative estimate of drug-likeness (QED) is 0.185. The molecular weight excluding hydrogens is 572 g/mol. The fourth-order valence-electron chi connectivity index (χ4n) is 7.56. The van der Waals surface area contributed by atoms with Crippen molar-refractivity contribution in [2.45, 2.75) is 46.4 Å². The topological polar surface area (TPSA) is 31.0 Å². The van der Waals surface area contributed by atoms with Crippen LogP contribution < -0.4 is 0 Å². The maximum atomic E-state index is 8.59. The van der Waals surface area contributed by atoms with Crippen molar-refractivity contribution in [3.63, 3.8) is 0 Å². The molecule has 0 unspecified atom stereocenters. The Labute approximate surface area is 278 Å².